The molecule has 0 aromatic rings. The fraction of sp³-hybridized carbons (Fsp3) is 0.421. The van der Waals surface area contributed by atoms with Crippen molar-refractivity contribution >= 4 is 13.8 Å². The predicted octanol–water partition coefficient (Wildman–Crippen LogP) is 1.06. The Morgan fingerprint density at radius 3 is 2.66 bits per heavy atom. The summed E-state index contributed by atoms with van der Waals surface area (Å²) in [4.78, 5) is 29.6. The van der Waals surface area contributed by atoms with E-state index in [0.29, 0.717) is 6.42 Å². The van der Waals surface area contributed by atoms with Crippen molar-refractivity contribution in [3.05, 3.63) is 60.8 Å². The Balaban J connectivity index is 2.84. The van der Waals surface area contributed by atoms with Gasteiger partial charge in [-0.25, -0.2) is 9.36 Å². The summed E-state index contributed by atoms with van der Waals surface area (Å²) < 4.78 is 21.0. The van der Waals surface area contributed by atoms with Crippen LogP contribution in [0, 0.1) is 0 Å². The molecule has 1 aliphatic heterocycles. The van der Waals surface area contributed by atoms with E-state index in [1.54, 1.807) is 24.3 Å². The Hall–Kier alpha value is -1.84. The molecule has 1 rings (SSSR count). The summed E-state index contributed by atoms with van der Waals surface area (Å²) in [5.41, 5.74) is -1.87. The molecule has 0 fully saturated rings. The zero-order chi connectivity index (χ0) is 21.9. The number of aliphatic hydroxyl groups excluding tert-OH is 2. The third-order valence-electron chi connectivity index (χ3n) is 3.82. The van der Waals surface area contributed by atoms with Crippen LogP contribution in [0.1, 0.15) is 19.8 Å². The quantitative estimate of drug-likeness (QED) is 0.140. The van der Waals surface area contributed by atoms with E-state index < -0.39 is 37.7 Å². The van der Waals surface area contributed by atoms with E-state index in [1.807, 2.05) is 0 Å². The second-order valence-electron chi connectivity index (χ2n) is 6.47. The van der Waals surface area contributed by atoms with E-state index >= 15 is 0 Å². The van der Waals surface area contributed by atoms with E-state index in [4.69, 9.17) is 19.6 Å². The molecule has 1 aliphatic rings. The minimum Gasteiger partial charge on any atom is -0.455 e. The number of hydrogen-bond donors (Lipinski definition) is 5. The SMILES string of the molecule is C[C@](O)(/C=C/[C@@H]1CC=CC(=O)O1)[C@H](C[C@H](O)/C=C/C=C/C=C/CO)OP(=O)(O)O. The zero-order valence-electron chi connectivity index (χ0n) is 15.9. The van der Waals surface area contributed by atoms with Gasteiger partial charge in [0, 0.05) is 18.9 Å². The van der Waals surface area contributed by atoms with E-state index in [1.165, 1.54) is 43.4 Å². The second kappa shape index (κ2) is 12.0. The number of esters is 1. The van der Waals surface area contributed by atoms with Crippen molar-refractivity contribution in [2.24, 2.45) is 0 Å². The van der Waals surface area contributed by atoms with Crippen molar-refractivity contribution in [3.63, 3.8) is 0 Å². The summed E-state index contributed by atoms with van der Waals surface area (Å²) in [6, 6.07) is 0. The Morgan fingerprint density at radius 2 is 2.03 bits per heavy atom. The van der Waals surface area contributed by atoms with Gasteiger partial charge in [0.05, 0.1) is 12.7 Å². The summed E-state index contributed by atoms with van der Waals surface area (Å²) in [5, 5.41) is 29.4. The molecule has 9 nitrogen and oxygen atoms in total. The van der Waals surface area contributed by atoms with Gasteiger partial charge in [-0.05, 0) is 13.0 Å². The second-order valence-corrected chi connectivity index (χ2v) is 7.66. The summed E-state index contributed by atoms with van der Waals surface area (Å²) in [7, 11) is -4.96. The average molecular weight is 430 g/mol. The van der Waals surface area contributed by atoms with Crippen LogP contribution in [0.2, 0.25) is 0 Å². The van der Waals surface area contributed by atoms with Gasteiger partial charge in [0.1, 0.15) is 17.8 Å². The summed E-state index contributed by atoms with van der Waals surface area (Å²) in [6.45, 7) is 1.16. The number of phosphoric acid groups is 1. The average Bonchev–Trinajstić information content (AvgIpc) is 2.61. The fourth-order valence-electron chi connectivity index (χ4n) is 2.37. The number of allylic oxidation sites excluding steroid dienone is 4. The van der Waals surface area contributed by atoms with Crippen LogP contribution in [-0.4, -0.2) is 61.6 Å². The topological polar surface area (TPSA) is 154 Å². The Kier molecular flexibility index (Phi) is 10.4. The molecule has 0 aromatic heterocycles. The molecule has 0 radical (unpaired) electrons. The van der Waals surface area contributed by atoms with Crippen molar-refractivity contribution < 1.29 is 43.7 Å². The monoisotopic (exact) mass is 430 g/mol. The van der Waals surface area contributed by atoms with Gasteiger partial charge in [0.2, 0.25) is 0 Å². The molecule has 0 amide bonds. The Bertz CT molecular complexity index is 715. The molecule has 1 heterocycles. The number of rotatable bonds is 11. The van der Waals surface area contributed by atoms with Gasteiger partial charge in [-0.1, -0.05) is 48.6 Å². The van der Waals surface area contributed by atoms with E-state index in [-0.39, 0.29) is 13.0 Å². The number of hydrogen-bond acceptors (Lipinski definition) is 7. The molecule has 0 aliphatic carbocycles. The van der Waals surface area contributed by atoms with Gasteiger partial charge in [0.25, 0.3) is 0 Å². The van der Waals surface area contributed by atoms with Gasteiger partial charge in [-0.15, -0.1) is 0 Å². The fourth-order valence-corrected chi connectivity index (χ4v) is 3.01. The number of carbonyl (C=O) groups is 1. The molecular formula is C19H27O9P. The van der Waals surface area contributed by atoms with Crippen LogP contribution in [-0.2, 0) is 18.6 Å². The number of aliphatic hydroxyl groups is 3. The van der Waals surface area contributed by atoms with Crippen LogP contribution in [0.25, 0.3) is 0 Å². The highest BCUT2D eigenvalue weighted by atomic mass is 31.2. The molecule has 0 aromatic carbocycles. The van der Waals surface area contributed by atoms with E-state index in [2.05, 4.69) is 4.52 Å². The first-order chi connectivity index (χ1) is 13.5. The molecule has 5 N–H and O–H groups in total. The van der Waals surface area contributed by atoms with Crippen LogP contribution in [0.5, 0.6) is 0 Å². The van der Waals surface area contributed by atoms with E-state index in [0.717, 1.165) is 0 Å². The maximum Gasteiger partial charge on any atom is 0.469 e. The Morgan fingerprint density at radius 1 is 1.34 bits per heavy atom. The molecule has 0 unspecified atom stereocenters. The van der Waals surface area contributed by atoms with Gasteiger partial charge >= 0.3 is 13.8 Å². The Labute approximate surface area is 169 Å². The highest BCUT2D eigenvalue weighted by molar-refractivity contribution is 7.46. The smallest absolute Gasteiger partial charge is 0.455 e. The van der Waals surface area contributed by atoms with Crippen molar-refractivity contribution in [3.8, 4) is 0 Å². The first-order valence-corrected chi connectivity index (χ1v) is 10.4. The third kappa shape index (κ3) is 11.1. The molecule has 162 valence electrons. The lowest BCUT2D eigenvalue weighted by Gasteiger charge is -2.31. The van der Waals surface area contributed by atoms with Crippen molar-refractivity contribution in [1.82, 2.24) is 0 Å². The maximum absolute atomic E-state index is 11.3. The van der Waals surface area contributed by atoms with Crippen LogP contribution < -0.4 is 0 Å². The first kappa shape index (κ1) is 25.2. The number of cyclic esters (lactones) is 1. The molecular weight excluding hydrogens is 403 g/mol. The van der Waals surface area contributed by atoms with Crippen molar-refractivity contribution in [1.29, 1.82) is 0 Å². The predicted molar refractivity (Wildman–Crippen MR) is 105 cm³/mol. The van der Waals surface area contributed by atoms with Gasteiger partial charge in [-0.2, -0.15) is 0 Å². The van der Waals surface area contributed by atoms with Crippen molar-refractivity contribution in [2.45, 2.75) is 43.7 Å². The van der Waals surface area contributed by atoms with Gasteiger partial charge < -0.3 is 29.8 Å². The summed E-state index contributed by atoms with van der Waals surface area (Å²) in [6.07, 6.45) is 11.5. The normalized spacial score (nSPS) is 22.6. The molecule has 10 heteroatoms. The zero-order valence-corrected chi connectivity index (χ0v) is 16.8. The lowest BCUT2D eigenvalue weighted by atomic mass is 9.93. The minimum atomic E-state index is -4.96. The molecule has 0 spiro atoms. The molecule has 0 saturated heterocycles. The molecule has 29 heavy (non-hydrogen) atoms. The summed E-state index contributed by atoms with van der Waals surface area (Å²) >= 11 is 0. The van der Waals surface area contributed by atoms with Crippen LogP contribution in [0.4, 0.5) is 0 Å². The number of ether oxygens (including phenoxy) is 1. The highest BCUT2D eigenvalue weighted by Gasteiger charge is 2.37. The maximum atomic E-state index is 11.3. The first-order valence-electron chi connectivity index (χ1n) is 8.85. The standard InChI is InChI=1S/C19H27O9P/c1-19(23,12-11-16-9-7-10-18(22)27-16)17(28-29(24,25)26)14-15(21)8-5-3-2-4-6-13-20/h2-8,10-12,15-17,20-21,23H,9,13-14H2,1H3,(H2,24,25,26)/b3-2+,6-4+,8-5+,12-11+/t15-,16+,17+,19+/m1/s1. The van der Waals surface area contributed by atoms with Crippen LogP contribution in [0.3, 0.4) is 0 Å². The van der Waals surface area contributed by atoms with E-state index in [9.17, 15) is 19.6 Å². The van der Waals surface area contributed by atoms with Gasteiger partial charge in [0.15, 0.2) is 0 Å². The number of phosphoric ester groups is 1. The largest absolute Gasteiger partial charge is 0.469 e. The third-order valence-corrected chi connectivity index (χ3v) is 4.35. The molecule has 0 bridgehead atoms. The van der Waals surface area contributed by atoms with Crippen LogP contribution in [0.15, 0.2) is 60.8 Å². The molecule has 4 atom stereocenters. The van der Waals surface area contributed by atoms with Gasteiger partial charge in [-0.3, -0.25) is 4.52 Å². The van der Waals surface area contributed by atoms with Crippen LogP contribution >= 0.6 is 7.82 Å². The highest BCUT2D eigenvalue weighted by Crippen LogP contribution is 2.41. The lowest BCUT2D eigenvalue weighted by molar-refractivity contribution is -0.141. The van der Waals surface area contributed by atoms with Crippen molar-refractivity contribution in [2.75, 3.05) is 6.61 Å². The minimum absolute atomic E-state index is 0.100. The number of carbonyl (C=O) groups excluding carboxylic acids is 1. The molecule has 0 saturated carbocycles. The summed E-state index contributed by atoms with van der Waals surface area (Å²) in [5.74, 6) is -0.531. The lowest BCUT2D eigenvalue weighted by Crippen LogP contribution is -2.41.